The predicted molar refractivity (Wildman–Crippen MR) is 99.7 cm³/mol. The van der Waals surface area contributed by atoms with Crippen LogP contribution in [0.3, 0.4) is 0 Å². The Labute approximate surface area is 164 Å². The minimum Gasteiger partial charge on any atom is -0.496 e. The molecule has 0 amide bonds. The zero-order chi connectivity index (χ0) is 21.2. The van der Waals surface area contributed by atoms with Crippen molar-refractivity contribution in [2.75, 3.05) is 14.2 Å². The molecule has 9 heteroatoms. The number of nitrogens with two attached hydrogens (primary N) is 1. The van der Waals surface area contributed by atoms with Crippen molar-refractivity contribution in [2.24, 2.45) is 5.73 Å². The maximum Gasteiger partial charge on any atom is 0.313 e. The molecule has 0 saturated carbocycles. The Morgan fingerprint density at radius 2 is 1.68 bits per heavy atom. The number of benzene rings is 2. The molecule has 3 rings (SSSR count). The SMILES string of the molecule is [2H]C1(c2c(OC)cccc2OC)OC(N)=C(OS(=O)(=O)Cc2ccccc2)C1=O. The van der Waals surface area contributed by atoms with Gasteiger partial charge in [0.1, 0.15) is 17.3 Å². The molecule has 1 unspecified atom stereocenters. The third-order valence-electron chi connectivity index (χ3n) is 3.90. The molecular formula is C19H19NO7S. The van der Waals surface area contributed by atoms with Crippen molar-refractivity contribution < 1.29 is 33.0 Å². The molecule has 0 aliphatic carbocycles. The Kier molecular flexibility index (Phi) is 5.07. The molecule has 148 valence electrons. The number of ether oxygens (including phenoxy) is 3. The van der Waals surface area contributed by atoms with Crippen LogP contribution in [0.15, 0.2) is 60.2 Å². The lowest BCUT2D eigenvalue weighted by molar-refractivity contribution is -0.123. The molecule has 0 bridgehead atoms. The fraction of sp³-hybridized carbons (Fsp3) is 0.211. The highest BCUT2D eigenvalue weighted by atomic mass is 32.2. The predicted octanol–water partition coefficient (Wildman–Crippen LogP) is 2.02. The van der Waals surface area contributed by atoms with Crippen LogP contribution in [-0.2, 0) is 29.6 Å². The van der Waals surface area contributed by atoms with E-state index in [1.165, 1.54) is 26.4 Å². The quantitative estimate of drug-likeness (QED) is 0.695. The molecule has 2 aromatic carbocycles. The van der Waals surface area contributed by atoms with Gasteiger partial charge in [-0.05, 0) is 17.7 Å². The van der Waals surface area contributed by atoms with Gasteiger partial charge in [0.15, 0.2) is 6.08 Å². The highest BCUT2D eigenvalue weighted by Gasteiger charge is 2.42. The van der Waals surface area contributed by atoms with Crippen LogP contribution in [0, 0.1) is 0 Å². The average Bonchev–Trinajstić information content (AvgIpc) is 2.91. The highest BCUT2D eigenvalue weighted by molar-refractivity contribution is 7.86. The van der Waals surface area contributed by atoms with Crippen LogP contribution in [0.1, 0.15) is 18.6 Å². The van der Waals surface area contributed by atoms with Crippen molar-refractivity contribution in [3.63, 3.8) is 0 Å². The first-order valence-electron chi connectivity index (χ1n) is 8.63. The maximum absolute atomic E-state index is 13.0. The van der Waals surface area contributed by atoms with E-state index in [9.17, 15) is 13.2 Å². The fourth-order valence-corrected chi connectivity index (χ4v) is 3.74. The van der Waals surface area contributed by atoms with E-state index in [0.29, 0.717) is 5.56 Å². The Morgan fingerprint density at radius 1 is 1.07 bits per heavy atom. The average molecular weight is 406 g/mol. The van der Waals surface area contributed by atoms with E-state index < -0.39 is 39.4 Å². The maximum atomic E-state index is 13.0. The highest BCUT2D eigenvalue weighted by Crippen LogP contribution is 2.41. The first-order valence-corrected chi connectivity index (χ1v) is 9.70. The third kappa shape index (κ3) is 3.89. The van der Waals surface area contributed by atoms with E-state index in [4.69, 9.17) is 25.5 Å². The van der Waals surface area contributed by atoms with Gasteiger partial charge in [-0.2, -0.15) is 8.42 Å². The van der Waals surface area contributed by atoms with Crippen molar-refractivity contribution in [1.29, 1.82) is 0 Å². The van der Waals surface area contributed by atoms with Gasteiger partial charge in [-0.3, -0.25) is 4.79 Å². The van der Waals surface area contributed by atoms with Gasteiger partial charge in [-0.25, -0.2) is 0 Å². The zero-order valence-electron chi connectivity index (χ0n) is 16.2. The largest absolute Gasteiger partial charge is 0.496 e. The van der Waals surface area contributed by atoms with Gasteiger partial charge in [0.25, 0.3) is 0 Å². The second-order valence-electron chi connectivity index (χ2n) is 5.76. The summed E-state index contributed by atoms with van der Waals surface area (Å²) < 4.78 is 54.0. The minimum absolute atomic E-state index is 0.0583. The molecule has 2 aromatic rings. The Hall–Kier alpha value is -3.20. The molecule has 8 nitrogen and oxygen atoms in total. The summed E-state index contributed by atoms with van der Waals surface area (Å²) in [6.45, 7) is 0. The Bertz CT molecular complexity index is 1050. The number of carbonyl (C=O) groups is 1. The normalized spacial score (nSPS) is 19.8. The van der Waals surface area contributed by atoms with Crippen LogP contribution in [0.2, 0.25) is 0 Å². The van der Waals surface area contributed by atoms with Crippen LogP contribution in [0.5, 0.6) is 11.5 Å². The minimum atomic E-state index is -4.23. The van der Waals surface area contributed by atoms with E-state index in [-0.39, 0.29) is 17.1 Å². The smallest absolute Gasteiger partial charge is 0.313 e. The van der Waals surface area contributed by atoms with Crippen LogP contribution in [0.25, 0.3) is 0 Å². The summed E-state index contributed by atoms with van der Waals surface area (Å²) in [6, 6.07) is 12.9. The van der Waals surface area contributed by atoms with Crippen LogP contribution in [-0.4, -0.2) is 28.4 Å². The van der Waals surface area contributed by atoms with Crippen LogP contribution < -0.4 is 15.2 Å². The van der Waals surface area contributed by atoms with Crippen LogP contribution in [0.4, 0.5) is 0 Å². The summed E-state index contributed by atoms with van der Waals surface area (Å²) >= 11 is 0. The van der Waals surface area contributed by atoms with E-state index >= 15 is 0 Å². The second-order valence-corrected chi connectivity index (χ2v) is 7.33. The molecule has 1 heterocycles. The monoisotopic (exact) mass is 406 g/mol. The topological polar surface area (TPSA) is 114 Å². The van der Waals surface area contributed by atoms with E-state index in [0.717, 1.165) is 0 Å². The number of hydrogen-bond donors (Lipinski definition) is 1. The van der Waals surface area contributed by atoms with Crippen LogP contribution >= 0.6 is 0 Å². The zero-order valence-corrected chi connectivity index (χ0v) is 16.0. The lowest BCUT2D eigenvalue weighted by Gasteiger charge is -2.17. The molecule has 1 atom stereocenters. The number of Topliss-reactive ketones (excluding diaryl/α,β-unsaturated/α-hetero) is 1. The van der Waals surface area contributed by atoms with Crippen molar-refractivity contribution in [2.45, 2.75) is 11.8 Å². The van der Waals surface area contributed by atoms with Crippen molar-refractivity contribution in [3.05, 3.63) is 71.3 Å². The molecule has 28 heavy (non-hydrogen) atoms. The Morgan fingerprint density at radius 3 is 2.25 bits per heavy atom. The number of hydrogen-bond acceptors (Lipinski definition) is 8. The molecule has 0 spiro atoms. The van der Waals surface area contributed by atoms with E-state index in [2.05, 4.69) is 0 Å². The lowest BCUT2D eigenvalue weighted by atomic mass is 10.0. The first-order chi connectivity index (χ1) is 13.7. The fourth-order valence-electron chi connectivity index (χ4n) is 2.67. The summed E-state index contributed by atoms with van der Waals surface area (Å²) in [7, 11) is -1.54. The summed E-state index contributed by atoms with van der Waals surface area (Å²) in [5.41, 5.74) is 6.11. The summed E-state index contributed by atoms with van der Waals surface area (Å²) in [4.78, 5) is 13.0. The van der Waals surface area contributed by atoms with Gasteiger partial charge in [-0.1, -0.05) is 36.4 Å². The first kappa shape index (κ1) is 18.2. The van der Waals surface area contributed by atoms with Gasteiger partial charge in [0.05, 0.1) is 21.2 Å². The number of carbonyl (C=O) groups excluding carboxylic acids is 1. The van der Waals surface area contributed by atoms with Gasteiger partial charge in [0.2, 0.25) is 17.4 Å². The summed E-state index contributed by atoms with van der Waals surface area (Å²) in [5, 5.41) is 0. The van der Waals surface area contributed by atoms with Crippen molar-refractivity contribution >= 4 is 15.9 Å². The summed E-state index contributed by atoms with van der Waals surface area (Å²) in [5.74, 6) is -2.68. The second kappa shape index (κ2) is 7.81. The molecule has 0 saturated heterocycles. The summed E-state index contributed by atoms with van der Waals surface area (Å²) in [6.07, 6.45) is -2.43. The molecule has 0 radical (unpaired) electrons. The number of methoxy groups -OCH3 is 2. The third-order valence-corrected chi connectivity index (χ3v) is 5.01. The molecule has 1 aliphatic rings. The van der Waals surface area contributed by atoms with E-state index in [1.54, 1.807) is 36.4 Å². The molecule has 0 aromatic heterocycles. The lowest BCUT2D eigenvalue weighted by Crippen LogP contribution is -2.17. The van der Waals surface area contributed by atoms with Gasteiger partial charge in [0, 0.05) is 0 Å². The molecule has 2 N–H and O–H groups in total. The van der Waals surface area contributed by atoms with E-state index in [1.807, 2.05) is 0 Å². The van der Waals surface area contributed by atoms with Crippen molar-refractivity contribution in [3.8, 4) is 11.5 Å². The van der Waals surface area contributed by atoms with Gasteiger partial charge < -0.3 is 24.1 Å². The molecule has 1 aliphatic heterocycles. The van der Waals surface area contributed by atoms with Crippen molar-refractivity contribution in [1.82, 2.24) is 0 Å². The standard InChI is InChI=1S/C19H19NO7S/c1-24-13-9-6-10-14(25-2)15(13)17-16(21)18(19(20)26-17)27-28(22,23)11-12-7-4-3-5-8-12/h3-10,17H,11,20H2,1-2H3/i17D. The van der Waals surface area contributed by atoms with Gasteiger partial charge in [-0.15, -0.1) is 0 Å². The number of ketones is 1. The molecule has 0 fully saturated rings. The van der Waals surface area contributed by atoms with Gasteiger partial charge >= 0.3 is 10.1 Å². The number of rotatable bonds is 7. The Balaban J connectivity index is 1.93. The molecular weight excluding hydrogens is 386 g/mol.